The fourth-order valence-electron chi connectivity index (χ4n) is 4.15. The first-order valence-electron chi connectivity index (χ1n) is 9.18. The molecule has 0 bridgehead atoms. The maximum atomic E-state index is 5.52. The van der Waals surface area contributed by atoms with Gasteiger partial charge in [0.25, 0.3) is 0 Å². The van der Waals surface area contributed by atoms with Gasteiger partial charge in [0.05, 0.1) is 5.39 Å². The fourth-order valence-corrected chi connectivity index (χ4v) is 4.15. The average Bonchev–Trinajstić information content (AvgIpc) is 3.08. The van der Waals surface area contributed by atoms with E-state index in [4.69, 9.17) is 4.74 Å². The summed E-state index contributed by atoms with van der Waals surface area (Å²) in [5.41, 5.74) is 2.29. The van der Waals surface area contributed by atoms with Crippen molar-refractivity contribution in [1.82, 2.24) is 20.3 Å². The van der Waals surface area contributed by atoms with E-state index in [-0.39, 0.29) is 0 Å². The normalized spacial score (nSPS) is 25.9. The van der Waals surface area contributed by atoms with Crippen molar-refractivity contribution in [3.05, 3.63) is 18.1 Å². The predicted molar refractivity (Wildman–Crippen MR) is 95.4 cm³/mol. The molecule has 2 fully saturated rings. The highest BCUT2D eigenvalue weighted by molar-refractivity contribution is 5.90. The fraction of sp³-hybridized carbons (Fsp3) is 0.667. The van der Waals surface area contributed by atoms with Gasteiger partial charge in [0.15, 0.2) is 0 Å². The number of aromatic nitrogens is 3. The number of ether oxygens (including phenoxy) is 1. The predicted octanol–water partition coefficient (Wildman–Crippen LogP) is 2.79. The Morgan fingerprint density at radius 1 is 1.04 bits per heavy atom. The molecule has 24 heavy (non-hydrogen) atoms. The van der Waals surface area contributed by atoms with Crippen molar-refractivity contribution >= 4 is 16.9 Å². The van der Waals surface area contributed by atoms with Gasteiger partial charge < -0.3 is 20.4 Å². The zero-order valence-electron chi connectivity index (χ0n) is 14.3. The third-order valence-corrected chi connectivity index (χ3v) is 5.64. The van der Waals surface area contributed by atoms with E-state index in [0.29, 0.717) is 18.0 Å². The second kappa shape index (κ2) is 7.07. The molecule has 0 aromatic carbocycles. The van der Waals surface area contributed by atoms with Gasteiger partial charge in [-0.05, 0) is 57.1 Å². The molecular weight excluding hydrogens is 302 g/mol. The van der Waals surface area contributed by atoms with Gasteiger partial charge in [0, 0.05) is 31.5 Å². The van der Waals surface area contributed by atoms with Crippen LogP contribution in [-0.2, 0) is 4.74 Å². The highest BCUT2D eigenvalue weighted by Gasteiger charge is 2.24. The first-order chi connectivity index (χ1) is 11.8. The summed E-state index contributed by atoms with van der Waals surface area (Å²) in [6.07, 6.45) is 10.8. The quantitative estimate of drug-likeness (QED) is 0.804. The maximum absolute atomic E-state index is 5.52. The number of anilines is 1. The summed E-state index contributed by atoms with van der Waals surface area (Å²) in [4.78, 5) is 12.3. The molecule has 0 amide bonds. The molecule has 0 atom stereocenters. The van der Waals surface area contributed by atoms with Gasteiger partial charge in [0.1, 0.15) is 17.8 Å². The van der Waals surface area contributed by atoms with Crippen molar-refractivity contribution in [3.63, 3.8) is 0 Å². The van der Waals surface area contributed by atoms with E-state index >= 15 is 0 Å². The summed E-state index contributed by atoms with van der Waals surface area (Å²) in [6.45, 7) is 1.70. The molecule has 2 aromatic rings. The van der Waals surface area contributed by atoms with Crippen LogP contribution >= 0.6 is 0 Å². The van der Waals surface area contributed by atoms with Crippen LogP contribution in [-0.4, -0.2) is 47.3 Å². The molecular formula is C18H27N5O. The number of aromatic amines is 1. The molecule has 3 N–H and O–H groups in total. The summed E-state index contributed by atoms with van der Waals surface area (Å²) in [7, 11) is 2.06. The van der Waals surface area contributed by atoms with Gasteiger partial charge in [-0.2, -0.15) is 0 Å². The molecule has 130 valence electrons. The smallest absolute Gasteiger partial charge is 0.143 e. The van der Waals surface area contributed by atoms with E-state index in [1.54, 1.807) is 6.33 Å². The Kier molecular flexibility index (Phi) is 4.67. The second-order valence-corrected chi connectivity index (χ2v) is 7.06. The first kappa shape index (κ1) is 15.8. The van der Waals surface area contributed by atoms with Crippen molar-refractivity contribution in [2.75, 3.05) is 25.6 Å². The third kappa shape index (κ3) is 3.13. The minimum atomic E-state index is 0.505. The van der Waals surface area contributed by atoms with Gasteiger partial charge in [-0.25, -0.2) is 9.97 Å². The standard InChI is InChI=1S/C18H27N5O/c1-19-13-2-4-14(5-3-13)23-18-16-15(12-6-8-24-9-7-12)10-20-17(16)21-11-22-18/h10-14,19H,2-9H2,1H3,(H2,20,21,22,23)/t13-,14-. The van der Waals surface area contributed by atoms with E-state index in [1.807, 2.05) is 0 Å². The number of rotatable bonds is 4. The van der Waals surface area contributed by atoms with Crippen molar-refractivity contribution in [3.8, 4) is 0 Å². The number of fused-ring (bicyclic) bond motifs is 1. The molecule has 2 aromatic heterocycles. The van der Waals surface area contributed by atoms with Gasteiger partial charge in [0.2, 0.25) is 0 Å². The van der Waals surface area contributed by atoms with E-state index in [0.717, 1.165) is 37.5 Å². The van der Waals surface area contributed by atoms with Crippen molar-refractivity contribution in [2.45, 2.75) is 56.5 Å². The lowest BCUT2D eigenvalue weighted by molar-refractivity contribution is 0.0856. The lowest BCUT2D eigenvalue weighted by atomic mass is 9.90. The molecule has 4 rings (SSSR count). The van der Waals surface area contributed by atoms with E-state index < -0.39 is 0 Å². The van der Waals surface area contributed by atoms with Crippen molar-refractivity contribution in [2.24, 2.45) is 0 Å². The second-order valence-electron chi connectivity index (χ2n) is 7.06. The molecule has 1 aliphatic carbocycles. The van der Waals surface area contributed by atoms with Gasteiger partial charge in [-0.3, -0.25) is 0 Å². The summed E-state index contributed by atoms with van der Waals surface area (Å²) in [6, 6.07) is 1.17. The van der Waals surface area contributed by atoms with Crippen molar-refractivity contribution < 1.29 is 4.74 Å². The first-order valence-corrected chi connectivity index (χ1v) is 9.18. The van der Waals surface area contributed by atoms with E-state index in [2.05, 4.69) is 38.8 Å². The minimum absolute atomic E-state index is 0.505. The van der Waals surface area contributed by atoms with Gasteiger partial charge in [-0.15, -0.1) is 0 Å². The highest BCUT2D eigenvalue weighted by Crippen LogP contribution is 2.35. The lowest BCUT2D eigenvalue weighted by Gasteiger charge is -2.29. The maximum Gasteiger partial charge on any atom is 0.143 e. The average molecular weight is 329 g/mol. The number of nitrogens with zero attached hydrogens (tertiary/aromatic N) is 2. The molecule has 1 saturated heterocycles. The summed E-state index contributed by atoms with van der Waals surface area (Å²) in [5.74, 6) is 1.54. The van der Waals surface area contributed by atoms with Crippen LogP contribution in [0.2, 0.25) is 0 Å². The Hall–Kier alpha value is -1.66. The topological polar surface area (TPSA) is 74.9 Å². The number of nitrogens with one attached hydrogen (secondary N) is 3. The molecule has 2 aliphatic rings. The van der Waals surface area contributed by atoms with E-state index in [1.165, 1.54) is 36.6 Å². The monoisotopic (exact) mass is 329 g/mol. The zero-order valence-corrected chi connectivity index (χ0v) is 14.3. The molecule has 0 unspecified atom stereocenters. The summed E-state index contributed by atoms with van der Waals surface area (Å²) < 4.78 is 5.52. The SMILES string of the molecule is CN[C@H]1CC[C@H](Nc2ncnc3[nH]cc(C4CCOCC4)c23)CC1. The molecule has 6 heteroatoms. The lowest BCUT2D eigenvalue weighted by Crippen LogP contribution is -2.35. The summed E-state index contributed by atoms with van der Waals surface area (Å²) >= 11 is 0. The Morgan fingerprint density at radius 2 is 1.79 bits per heavy atom. The molecule has 0 spiro atoms. The van der Waals surface area contributed by atoms with Crippen LogP contribution in [0.5, 0.6) is 0 Å². The van der Waals surface area contributed by atoms with Crippen LogP contribution < -0.4 is 10.6 Å². The highest BCUT2D eigenvalue weighted by atomic mass is 16.5. The minimum Gasteiger partial charge on any atom is -0.381 e. The van der Waals surface area contributed by atoms with Gasteiger partial charge >= 0.3 is 0 Å². The Bertz CT molecular complexity index is 671. The Morgan fingerprint density at radius 3 is 2.54 bits per heavy atom. The van der Waals surface area contributed by atoms with E-state index in [9.17, 15) is 0 Å². The zero-order chi connectivity index (χ0) is 16.4. The molecule has 3 heterocycles. The summed E-state index contributed by atoms with van der Waals surface area (Å²) in [5, 5.41) is 8.28. The van der Waals surface area contributed by atoms with Crippen LogP contribution in [0, 0.1) is 0 Å². The van der Waals surface area contributed by atoms with Gasteiger partial charge in [-0.1, -0.05) is 0 Å². The largest absolute Gasteiger partial charge is 0.381 e. The van der Waals surface area contributed by atoms with Crippen LogP contribution in [0.15, 0.2) is 12.5 Å². The van der Waals surface area contributed by atoms with Crippen LogP contribution in [0.1, 0.15) is 50.0 Å². The molecule has 0 radical (unpaired) electrons. The molecule has 1 saturated carbocycles. The third-order valence-electron chi connectivity index (χ3n) is 5.64. The number of hydrogen-bond donors (Lipinski definition) is 3. The molecule has 1 aliphatic heterocycles. The van der Waals surface area contributed by atoms with Crippen molar-refractivity contribution in [1.29, 1.82) is 0 Å². The Balaban J connectivity index is 1.57. The van der Waals surface area contributed by atoms with Crippen LogP contribution in [0.25, 0.3) is 11.0 Å². The van der Waals surface area contributed by atoms with Crippen LogP contribution in [0.4, 0.5) is 5.82 Å². The number of H-pyrrole nitrogens is 1. The Labute approximate surface area is 142 Å². The van der Waals surface area contributed by atoms with Crippen LogP contribution in [0.3, 0.4) is 0 Å². The number of hydrogen-bond acceptors (Lipinski definition) is 5. The molecule has 6 nitrogen and oxygen atoms in total.